The summed E-state index contributed by atoms with van der Waals surface area (Å²) in [4.78, 5) is 13.6. The molecule has 6 aromatic carbocycles. The zero-order valence-corrected chi connectivity index (χ0v) is 37.1. The molecule has 65 heavy (non-hydrogen) atoms. The van der Waals surface area contributed by atoms with Crippen LogP contribution in [0.15, 0.2) is 158 Å². The maximum absolute atomic E-state index is 13.3. The number of nitrogens with one attached hydrogen (secondary N) is 2. The Bertz CT molecular complexity index is 2300. The van der Waals surface area contributed by atoms with Crippen LogP contribution in [0.1, 0.15) is 59.4 Å². The van der Waals surface area contributed by atoms with Crippen molar-refractivity contribution in [3.05, 3.63) is 191 Å². The number of methoxy groups -OCH3 is 1. The zero-order chi connectivity index (χ0) is 47.3. The second kappa shape index (κ2) is 27.3. The lowest BCUT2D eigenvalue weighted by Gasteiger charge is -2.24. The topological polar surface area (TPSA) is 126 Å². The van der Waals surface area contributed by atoms with Crippen molar-refractivity contribution in [2.24, 2.45) is 0 Å². The van der Waals surface area contributed by atoms with E-state index >= 15 is 0 Å². The highest BCUT2D eigenvalue weighted by Crippen LogP contribution is 2.38. The maximum atomic E-state index is 13.3. The number of carbonyl (C=O) groups is 1. The molecule has 2 atom stereocenters. The molecular formula is C50H54ClF6N3O5. The number of hydrogen-bond donors (Lipinski definition) is 5. The van der Waals surface area contributed by atoms with Crippen LogP contribution >= 0.6 is 12.4 Å². The number of ether oxygens (including phenoxy) is 1. The second-order valence-electron chi connectivity index (χ2n) is 14.1. The fourth-order valence-corrected chi connectivity index (χ4v) is 6.22. The van der Waals surface area contributed by atoms with Crippen LogP contribution in [0.25, 0.3) is 22.3 Å². The highest BCUT2D eigenvalue weighted by molar-refractivity contribution is 5.85. The Morgan fingerprint density at radius 2 is 0.985 bits per heavy atom. The molecule has 8 nitrogen and oxygen atoms in total. The Kier molecular flexibility index (Phi) is 23.2. The standard InChI is InChI=1S/C24H22F3NO2.C22H20F3NO.C3H7NO.CH4O.ClH/c1-17(29)28(16-23(30)20-7-3-2-4-8-20)15-18-11-13-19(14-12-18)21-9-5-6-10-22(21)24(25,26)27;23-22(24,25)20-9-5-4-8-19(20)17-12-10-16(11-13-17)14-26-15-21(27)18-6-2-1-3-7-18;1-3(4)5-2;1-2;/h2-14,23,30H,15-16H2,1H3;1-13,21,26-27H,14-15H2;4H,1-2H3;2H,1H3;1H. The monoisotopic (exact) mass is 925 g/mol. The van der Waals surface area contributed by atoms with Crippen LogP contribution in [0.5, 0.6) is 0 Å². The van der Waals surface area contributed by atoms with Crippen molar-refractivity contribution >= 4 is 24.2 Å². The van der Waals surface area contributed by atoms with Gasteiger partial charge in [0.1, 0.15) is 0 Å². The molecule has 348 valence electrons. The van der Waals surface area contributed by atoms with Crippen molar-refractivity contribution in [1.29, 1.82) is 5.41 Å². The minimum Gasteiger partial charge on any atom is -0.485 e. The van der Waals surface area contributed by atoms with Gasteiger partial charge in [-0.2, -0.15) is 26.3 Å². The molecule has 0 spiro atoms. The van der Waals surface area contributed by atoms with Gasteiger partial charge in [-0.3, -0.25) is 10.2 Å². The maximum Gasteiger partial charge on any atom is 0.417 e. The normalized spacial score (nSPS) is 11.6. The van der Waals surface area contributed by atoms with Gasteiger partial charge in [0.2, 0.25) is 5.91 Å². The summed E-state index contributed by atoms with van der Waals surface area (Å²) in [5.41, 5.74) is 3.18. The number of alkyl halides is 6. The average Bonchev–Trinajstić information content (AvgIpc) is 3.30. The quantitative estimate of drug-likeness (QED) is 0.0473. The van der Waals surface area contributed by atoms with Crippen LogP contribution in [-0.4, -0.2) is 59.3 Å². The van der Waals surface area contributed by atoms with Gasteiger partial charge in [0, 0.05) is 40.6 Å². The third kappa shape index (κ3) is 18.2. The summed E-state index contributed by atoms with van der Waals surface area (Å²) in [6, 6.07) is 43.0. The van der Waals surface area contributed by atoms with E-state index in [0.717, 1.165) is 35.9 Å². The predicted molar refractivity (Wildman–Crippen MR) is 245 cm³/mol. The molecule has 0 fully saturated rings. The lowest BCUT2D eigenvalue weighted by atomic mass is 9.98. The van der Waals surface area contributed by atoms with Gasteiger partial charge in [-0.15, -0.1) is 12.4 Å². The van der Waals surface area contributed by atoms with Crippen molar-refractivity contribution in [2.75, 3.05) is 27.3 Å². The largest absolute Gasteiger partial charge is 0.485 e. The van der Waals surface area contributed by atoms with E-state index in [2.05, 4.69) is 10.1 Å². The first-order chi connectivity index (χ1) is 30.5. The lowest BCUT2D eigenvalue weighted by Crippen LogP contribution is -2.32. The van der Waals surface area contributed by atoms with Gasteiger partial charge >= 0.3 is 12.4 Å². The van der Waals surface area contributed by atoms with Gasteiger partial charge in [0.05, 0.1) is 37.0 Å². The minimum atomic E-state index is -4.44. The van der Waals surface area contributed by atoms with Crippen LogP contribution in [0, 0.1) is 5.41 Å². The smallest absolute Gasteiger partial charge is 0.417 e. The Labute approximate surface area is 382 Å². The SMILES string of the molecule is CC(=O)N(Cc1ccc(-c2ccccc2C(F)(F)F)cc1)CC(O)c1ccccc1.CO.COC(C)=N.Cl.OC(CNCc1ccc(-c2ccccc2C(F)(F)F)cc1)c1ccccc1. The third-order valence-electron chi connectivity index (χ3n) is 9.55. The van der Waals surface area contributed by atoms with Crippen molar-refractivity contribution in [1.82, 2.24) is 10.2 Å². The highest BCUT2D eigenvalue weighted by Gasteiger charge is 2.34. The molecule has 0 aliphatic rings. The van der Waals surface area contributed by atoms with E-state index in [4.69, 9.17) is 10.5 Å². The molecule has 0 aliphatic heterocycles. The fourth-order valence-electron chi connectivity index (χ4n) is 6.22. The van der Waals surface area contributed by atoms with Gasteiger partial charge in [-0.25, -0.2) is 0 Å². The molecule has 0 saturated carbocycles. The second-order valence-corrected chi connectivity index (χ2v) is 14.1. The molecule has 0 aromatic heterocycles. The molecule has 2 unspecified atom stereocenters. The Hall–Kier alpha value is -6.03. The fraction of sp³-hybridized carbons (Fsp3) is 0.240. The number of benzene rings is 6. The van der Waals surface area contributed by atoms with Crippen LogP contribution in [-0.2, 0) is 35.0 Å². The number of aliphatic hydroxyl groups excluding tert-OH is 3. The average molecular weight is 926 g/mol. The minimum absolute atomic E-state index is 0. The molecule has 6 rings (SSSR count). The van der Waals surface area contributed by atoms with Gasteiger partial charge in [0.15, 0.2) is 5.90 Å². The van der Waals surface area contributed by atoms with E-state index < -0.39 is 35.7 Å². The van der Waals surface area contributed by atoms with Crippen LogP contribution < -0.4 is 5.32 Å². The van der Waals surface area contributed by atoms with Crippen LogP contribution in [0.4, 0.5) is 26.3 Å². The molecule has 0 heterocycles. The molecule has 0 bridgehead atoms. The summed E-state index contributed by atoms with van der Waals surface area (Å²) >= 11 is 0. The molecule has 0 saturated heterocycles. The van der Waals surface area contributed by atoms with E-state index in [1.807, 2.05) is 48.5 Å². The Balaban J connectivity index is 0.000000387. The molecule has 0 radical (unpaired) electrons. The van der Waals surface area contributed by atoms with E-state index in [1.165, 1.54) is 43.2 Å². The molecule has 1 amide bonds. The summed E-state index contributed by atoms with van der Waals surface area (Å²) < 4.78 is 83.6. The highest BCUT2D eigenvalue weighted by atomic mass is 35.5. The number of halogens is 7. The number of aliphatic hydroxyl groups is 3. The van der Waals surface area contributed by atoms with E-state index in [9.17, 15) is 41.4 Å². The molecule has 6 aromatic rings. The Morgan fingerprint density at radius 3 is 1.37 bits per heavy atom. The summed E-state index contributed by atoms with van der Waals surface area (Å²) in [5.74, 6) is 0.0569. The first-order valence-corrected chi connectivity index (χ1v) is 19.9. The van der Waals surface area contributed by atoms with Crippen LogP contribution in [0.3, 0.4) is 0 Å². The summed E-state index contributed by atoms with van der Waals surface area (Å²) in [6.07, 6.45) is -10.3. The summed E-state index contributed by atoms with van der Waals surface area (Å²) in [5, 5.41) is 37.2. The van der Waals surface area contributed by atoms with Crippen molar-refractivity contribution < 1.29 is 51.2 Å². The zero-order valence-electron chi connectivity index (χ0n) is 36.3. The van der Waals surface area contributed by atoms with E-state index in [1.54, 1.807) is 79.7 Å². The Morgan fingerprint density at radius 1 is 0.615 bits per heavy atom. The third-order valence-corrected chi connectivity index (χ3v) is 9.55. The van der Waals surface area contributed by atoms with Crippen molar-refractivity contribution in [3.63, 3.8) is 0 Å². The number of hydrogen-bond acceptors (Lipinski definition) is 7. The van der Waals surface area contributed by atoms with Gasteiger partial charge in [-0.1, -0.05) is 146 Å². The molecule has 15 heteroatoms. The summed E-state index contributed by atoms with van der Waals surface area (Å²) in [7, 11) is 2.47. The van der Waals surface area contributed by atoms with E-state index in [0.29, 0.717) is 29.8 Å². The van der Waals surface area contributed by atoms with E-state index in [-0.39, 0.29) is 48.4 Å². The predicted octanol–water partition coefficient (Wildman–Crippen LogP) is 11.3. The van der Waals surface area contributed by atoms with Gasteiger partial charge < -0.3 is 30.3 Å². The first-order valence-electron chi connectivity index (χ1n) is 19.9. The molecule has 0 aliphatic carbocycles. The molecule has 5 N–H and O–H groups in total. The van der Waals surface area contributed by atoms with Crippen molar-refractivity contribution in [2.45, 2.75) is 51.5 Å². The lowest BCUT2D eigenvalue weighted by molar-refractivity contribution is -0.137. The van der Waals surface area contributed by atoms with Crippen LogP contribution in [0.2, 0.25) is 0 Å². The number of carbonyl (C=O) groups excluding carboxylic acids is 1. The first kappa shape index (κ1) is 55.1. The van der Waals surface area contributed by atoms with Gasteiger partial charge in [0.25, 0.3) is 0 Å². The summed E-state index contributed by atoms with van der Waals surface area (Å²) in [6.45, 7) is 4.29. The number of nitrogens with zero attached hydrogens (tertiary/aromatic N) is 1. The number of rotatable bonds is 12. The van der Waals surface area contributed by atoms with Gasteiger partial charge in [-0.05, 0) is 56.6 Å². The van der Waals surface area contributed by atoms with Crippen molar-refractivity contribution in [3.8, 4) is 22.3 Å². The number of amides is 1. The molecular weight excluding hydrogens is 872 g/mol.